The largest absolute Gasteiger partial charge is 0.444 e. The number of carbonyl (C=O) groups excluding carboxylic acids is 2. The van der Waals surface area contributed by atoms with Crippen LogP contribution in [0.15, 0.2) is 53.4 Å². The standard InChI is InChI=1S/C30H40ClN3O5S/c1-29(2,3)39-28(36)32-26(23-7-9-24(31)10-8-23)13-17-33-18-14-30(15-19-33)16-20-34(27(30)35)21-22-5-11-25(12-6-22)40(4,37)38/h5-12,26H,13-21H2,1-4H3,(H,32,36). The number of piperidine rings is 1. The van der Waals surface area contributed by atoms with Crippen LogP contribution in [0.5, 0.6) is 0 Å². The van der Waals surface area contributed by atoms with Gasteiger partial charge in [0.25, 0.3) is 0 Å². The molecule has 0 radical (unpaired) electrons. The highest BCUT2D eigenvalue weighted by atomic mass is 35.5. The molecule has 2 amide bonds. The first-order chi connectivity index (χ1) is 18.7. The van der Waals surface area contributed by atoms with E-state index in [4.69, 9.17) is 16.3 Å². The van der Waals surface area contributed by atoms with Crippen molar-refractivity contribution in [1.29, 1.82) is 0 Å². The molecule has 2 aromatic carbocycles. The average Bonchev–Trinajstić information content (AvgIpc) is 3.16. The van der Waals surface area contributed by atoms with Crippen LogP contribution < -0.4 is 5.32 Å². The SMILES string of the molecule is CC(C)(C)OC(=O)NC(CCN1CCC2(CC1)CCN(Cc1ccc(S(C)(=O)=O)cc1)C2=O)c1ccc(Cl)cc1. The lowest BCUT2D eigenvalue weighted by molar-refractivity contribution is -0.138. The minimum Gasteiger partial charge on any atom is -0.444 e. The Hall–Kier alpha value is -2.62. The van der Waals surface area contributed by atoms with E-state index in [-0.39, 0.29) is 22.3 Å². The second-order valence-electron chi connectivity index (χ2n) is 12.1. The highest BCUT2D eigenvalue weighted by molar-refractivity contribution is 7.90. The Morgan fingerprint density at radius 2 is 1.62 bits per heavy atom. The van der Waals surface area contributed by atoms with E-state index in [2.05, 4.69) is 10.2 Å². The molecule has 1 unspecified atom stereocenters. The topological polar surface area (TPSA) is 96.0 Å². The Kier molecular flexibility index (Phi) is 9.17. The van der Waals surface area contributed by atoms with Gasteiger partial charge in [0, 0.05) is 30.9 Å². The number of hydrogen-bond donors (Lipinski definition) is 1. The molecular weight excluding hydrogens is 550 g/mol. The summed E-state index contributed by atoms with van der Waals surface area (Å²) in [6.45, 7) is 9.15. The van der Waals surface area contributed by atoms with Crippen molar-refractivity contribution in [1.82, 2.24) is 15.1 Å². The van der Waals surface area contributed by atoms with Crippen molar-refractivity contribution < 1.29 is 22.7 Å². The number of alkyl carbamates (subject to hydrolysis) is 1. The number of benzene rings is 2. The molecule has 0 aliphatic carbocycles. The molecule has 2 aliphatic rings. The van der Waals surface area contributed by atoms with Crippen LogP contribution in [-0.2, 0) is 25.9 Å². The van der Waals surface area contributed by atoms with E-state index >= 15 is 0 Å². The van der Waals surface area contributed by atoms with Crippen LogP contribution in [0.2, 0.25) is 5.02 Å². The molecule has 10 heteroatoms. The van der Waals surface area contributed by atoms with Crippen LogP contribution in [0.4, 0.5) is 4.79 Å². The van der Waals surface area contributed by atoms with Crippen LogP contribution in [0.3, 0.4) is 0 Å². The Balaban J connectivity index is 1.32. The number of ether oxygens (including phenoxy) is 1. The number of nitrogens with zero attached hydrogens (tertiary/aromatic N) is 2. The van der Waals surface area contributed by atoms with Gasteiger partial charge in [-0.1, -0.05) is 35.9 Å². The first-order valence-corrected chi connectivity index (χ1v) is 16.1. The van der Waals surface area contributed by atoms with Gasteiger partial charge >= 0.3 is 6.09 Å². The van der Waals surface area contributed by atoms with Gasteiger partial charge in [-0.05, 0) is 94.9 Å². The molecule has 2 aromatic rings. The number of hydrogen-bond acceptors (Lipinski definition) is 6. The van der Waals surface area contributed by atoms with E-state index in [0.29, 0.717) is 24.5 Å². The average molecular weight is 590 g/mol. The molecule has 4 rings (SSSR count). The molecule has 0 bridgehead atoms. The Labute approximate surface area is 242 Å². The number of halogens is 1. The fourth-order valence-corrected chi connectivity index (χ4v) is 6.31. The summed E-state index contributed by atoms with van der Waals surface area (Å²) in [6, 6.07) is 14.1. The van der Waals surface area contributed by atoms with Gasteiger partial charge in [0.05, 0.1) is 16.4 Å². The van der Waals surface area contributed by atoms with Crippen LogP contribution >= 0.6 is 11.6 Å². The Morgan fingerprint density at radius 1 is 1.02 bits per heavy atom. The predicted octanol–water partition coefficient (Wildman–Crippen LogP) is 5.21. The van der Waals surface area contributed by atoms with Crippen molar-refractivity contribution >= 4 is 33.4 Å². The van der Waals surface area contributed by atoms with Crippen molar-refractivity contribution in [3.05, 3.63) is 64.7 Å². The van der Waals surface area contributed by atoms with Gasteiger partial charge in [0.1, 0.15) is 5.60 Å². The summed E-state index contributed by atoms with van der Waals surface area (Å²) in [5.41, 5.74) is 0.987. The summed E-state index contributed by atoms with van der Waals surface area (Å²) in [5.74, 6) is 0.199. The third-order valence-corrected chi connectivity index (χ3v) is 9.22. The van der Waals surface area contributed by atoms with Crippen molar-refractivity contribution in [2.24, 2.45) is 5.41 Å². The second-order valence-corrected chi connectivity index (χ2v) is 14.5. The highest BCUT2D eigenvalue weighted by Gasteiger charge is 2.47. The van der Waals surface area contributed by atoms with E-state index in [1.807, 2.05) is 49.9 Å². The number of likely N-dealkylation sites (tertiary alicyclic amines) is 2. The fraction of sp³-hybridized carbons (Fsp3) is 0.533. The lowest BCUT2D eigenvalue weighted by Gasteiger charge is -2.38. The predicted molar refractivity (Wildman–Crippen MR) is 156 cm³/mol. The maximum Gasteiger partial charge on any atom is 0.408 e. The Morgan fingerprint density at radius 3 is 2.20 bits per heavy atom. The Bertz CT molecular complexity index is 1300. The molecule has 1 spiro atoms. The van der Waals surface area contributed by atoms with Crippen LogP contribution in [-0.4, -0.2) is 68.3 Å². The van der Waals surface area contributed by atoms with E-state index in [1.165, 1.54) is 6.26 Å². The number of amides is 2. The fourth-order valence-electron chi connectivity index (χ4n) is 5.55. The zero-order valence-corrected chi connectivity index (χ0v) is 25.4. The summed E-state index contributed by atoms with van der Waals surface area (Å²) < 4.78 is 29.0. The van der Waals surface area contributed by atoms with E-state index in [9.17, 15) is 18.0 Å². The highest BCUT2D eigenvalue weighted by Crippen LogP contribution is 2.42. The summed E-state index contributed by atoms with van der Waals surface area (Å²) >= 11 is 6.08. The zero-order chi connectivity index (χ0) is 29.1. The molecule has 2 aliphatic heterocycles. The lowest BCUT2D eigenvalue weighted by atomic mass is 9.77. The molecule has 0 aromatic heterocycles. The molecule has 40 heavy (non-hydrogen) atoms. The van der Waals surface area contributed by atoms with Crippen LogP contribution in [0.25, 0.3) is 0 Å². The normalized spacial score (nSPS) is 18.6. The lowest BCUT2D eigenvalue weighted by Crippen LogP contribution is -2.45. The smallest absolute Gasteiger partial charge is 0.408 e. The molecule has 218 valence electrons. The first kappa shape index (κ1) is 30.3. The molecule has 8 nitrogen and oxygen atoms in total. The van der Waals surface area contributed by atoms with Gasteiger partial charge in [-0.15, -0.1) is 0 Å². The number of nitrogens with one attached hydrogen (secondary N) is 1. The molecular formula is C30H40ClN3O5S. The molecule has 2 heterocycles. The van der Waals surface area contributed by atoms with Crippen LogP contribution in [0.1, 0.15) is 63.6 Å². The number of rotatable bonds is 8. The second kappa shape index (κ2) is 12.1. The van der Waals surface area contributed by atoms with Gasteiger partial charge in [-0.2, -0.15) is 0 Å². The summed E-state index contributed by atoms with van der Waals surface area (Å²) in [7, 11) is -3.24. The van der Waals surface area contributed by atoms with Crippen LogP contribution in [0, 0.1) is 5.41 Å². The minimum absolute atomic E-state index is 0.199. The molecule has 1 N–H and O–H groups in total. The number of sulfone groups is 1. The summed E-state index contributed by atoms with van der Waals surface area (Å²) in [4.78, 5) is 30.6. The maximum absolute atomic E-state index is 13.5. The van der Waals surface area contributed by atoms with Crippen molar-refractivity contribution in [2.75, 3.05) is 32.4 Å². The van der Waals surface area contributed by atoms with Crippen molar-refractivity contribution in [3.8, 4) is 0 Å². The molecule has 1 atom stereocenters. The van der Waals surface area contributed by atoms with E-state index in [1.54, 1.807) is 24.3 Å². The molecule has 2 fully saturated rings. The third-order valence-electron chi connectivity index (χ3n) is 7.84. The van der Waals surface area contributed by atoms with Gasteiger partial charge in [0.2, 0.25) is 5.91 Å². The number of carbonyl (C=O) groups is 2. The van der Waals surface area contributed by atoms with Crippen molar-refractivity contribution in [2.45, 2.75) is 69.5 Å². The third kappa shape index (κ3) is 7.77. The van der Waals surface area contributed by atoms with Gasteiger partial charge in [-0.25, -0.2) is 13.2 Å². The van der Waals surface area contributed by atoms with Crippen molar-refractivity contribution in [3.63, 3.8) is 0 Å². The van der Waals surface area contributed by atoms with Gasteiger partial charge in [0.15, 0.2) is 9.84 Å². The van der Waals surface area contributed by atoms with Gasteiger partial charge < -0.3 is 19.9 Å². The summed E-state index contributed by atoms with van der Waals surface area (Å²) in [6.07, 6.45) is 3.90. The van der Waals surface area contributed by atoms with Gasteiger partial charge in [-0.3, -0.25) is 4.79 Å². The minimum atomic E-state index is -3.24. The quantitative estimate of drug-likeness (QED) is 0.454. The monoisotopic (exact) mass is 589 g/mol. The molecule has 2 saturated heterocycles. The maximum atomic E-state index is 13.5. The first-order valence-electron chi connectivity index (χ1n) is 13.8. The van der Waals surface area contributed by atoms with E-state index in [0.717, 1.165) is 50.0 Å². The zero-order valence-electron chi connectivity index (χ0n) is 23.8. The summed E-state index contributed by atoms with van der Waals surface area (Å²) in [5, 5.41) is 3.66. The van der Waals surface area contributed by atoms with E-state index < -0.39 is 21.5 Å². The molecule has 0 saturated carbocycles.